The van der Waals surface area contributed by atoms with Gasteiger partial charge in [0.25, 0.3) is 0 Å². The normalized spacial score (nSPS) is 11.3. The number of rotatable bonds is 4. The molecule has 1 aromatic heterocycles. The number of hydrogen-bond donors (Lipinski definition) is 0. The van der Waals surface area contributed by atoms with Crippen LogP contribution in [0.15, 0.2) is 24.4 Å². The van der Waals surface area contributed by atoms with E-state index in [1.54, 1.807) is 40.0 Å². The van der Waals surface area contributed by atoms with Gasteiger partial charge in [-0.2, -0.15) is 0 Å². The van der Waals surface area contributed by atoms with Gasteiger partial charge in [-0.3, -0.25) is 4.98 Å². The molecule has 0 fully saturated rings. The number of halogens is 2. The Morgan fingerprint density at radius 1 is 1.12 bits per heavy atom. The molecule has 4 nitrogen and oxygen atoms in total. The van der Waals surface area contributed by atoms with Gasteiger partial charge in [0.2, 0.25) is 0 Å². The molecule has 0 bridgehead atoms. The van der Waals surface area contributed by atoms with Gasteiger partial charge in [0.1, 0.15) is 29.6 Å². The predicted molar refractivity (Wildman–Crippen MR) is 89.6 cm³/mol. The van der Waals surface area contributed by atoms with E-state index in [0.29, 0.717) is 11.4 Å². The van der Waals surface area contributed by atoms with Crippen LogP contribution in [0.25, 0.3) is 0 Å². The van der Waals surface area contributed by atoms with Crippen LogP contribution in [0.4, 0.5) is 8.78 Å². The first-order valence-electron chi connectivity index (χ1n) is 7.84. The van der Waals surface area contributed by atoms with Crippen LogP contribution in [0.3, 0.4) is 0 Å². The van der Waals surface area contributed by atoms with E-state index < -0.39 is 23.2 Å². The first-order chi connectivity index (χ1) is 11.6. The molecule has 0 amide bonds. The second kappa shape index (κ2) is 7.17. The van der Waals surface area contributed by atoms with Gasteiger partial charge in [-0.1, -0.05) is 0 Å². The molecule has 0 atom stereocenters. The van der Waals surface area contributed by atoms with Crippen molar-refractivity contribution in [3.63, 3.8) is 0 Å². The maximum atomic E-state index is 14.2. The summed E-state index contributed by atoms with van der Waals surface area (Å²) in [4.78, 5) is 16.1. The van der Waals surface area contributed by atoms with Crippen molar-refractivity contribution in [1.29, 1.82) is 0 Å². The minimum absolute atomic E-state index is 0.179. The Kier molecular flexibility index (Phi) is 5.40. The van der Waals surface area contributed by atoms with Crippen LogP contribution in [0.2, 0.25) is 0 Å². The van der Waals surface area contributed by atoms with Gasteiger partial charge in [-0.25, -0.2) is 13.6 Å². The van der Waals surface area contributed by atoms with E-state index in [4.69, 9.17) is 9.47 Å². The van der Waals surface area contributed by atoms with E-state index in [1.807, 2.05) is 6.92 Å². The highest BCUT2D eigenvalue weighted by atomic mass is 19.1. The number of pyridine rings is 1. The van der Waals surface area contributed by atoms with Gasteiger partial charge in [-0.05, 0) is 58.4 Å². The number of benzene rings is 1. The van der Waals surface area contributed by atoms with Crippen LogP contribution < -0.4 is 4.74 Å². The Bertz CT molecular complexity index is 775. The Morgan fingerprint density at radius 3 is 2.28 bits per heavy atom. The van der Waals surface area contributed by atoms with Crippen molar-refractivity contribution >= 4 is 5.97 Å². The van der Waals surface area contributed by atoms with Gasteiger partial charge >= 0.3 is 5.97 Å². The molecule has 0 saturated heterocycles. The standard InChI is InChI=1S/C19H21F2NO3/c1-11-6-17(12(2)22-9-11)24-10-14-15(20)7-13(8-16(14)21)18(23)25-19(3,4)5/h6-9H,10H2,1-5H3. The van der Waals surface area contributed by atoms with Crippen LogP contribution in [0.5, 0.6) is 5.75 Å². The molecule has 0 N–H and O–H groups in total. The third-order valence-electron chi connectivity index (χ3n) is 3.32. The second-order valence-corrected chi connectivity index (χ2v) is 6.81. The molecule has 0 aliphatic rings. The largest absolute Gasteiger partial charge is 0.487 e. The van der Waals surface area contributed by atoms with Gasteiger partial charge in [0.15, 0.2) is 0 Å². The van der Waals surface area contributed by atoms with E-state index in [9.17, 15) is 13.6 Å². The topological polar surface area (TPSA) is 48.4 Å². The molecule has 134 valence electrons. The lowest BCUT2D eigenvalue weighted by molar-refractivity contribution is 0.00683. The van der Waals surface area contributed by atoms with Gasteiger partial charge < -0.3 is 9.47 Å². The molecule has 0 radical (unpaired) electrons. The molecule has 0 spiro atoms. The number of carbonyl (C=O) groups excluding carboxylic acids is 1. The summed E-state index contributed by atoms with van der Waals surface area (Å²) in [6.07, 6.45) is 1.68. The zero-order valence-electron chi connectivity index (χ0n) is 14.9. The molecule has 1 aromatic carbocycles. The Morgan fingerprint density at radius 2 is 1.72 bits per heavy atom. The number of esters is 1. The van der Waals surface area contributed by atoms with E-state index >= 15 is 0 Å². The van der Waals surface area contributed by atoms with Gasteiger partial charge in [-0.15, -0.1) is 0 Å². The molecule has 25 heavy (non-hydrogen) atoms. The summed E-state index contributed by atoms with van der Waals surface area (Å²) in [7, 11) is 0. The number of hydrogen-bond acceptors (Lipinski definition) is 4. The van der Waals surface area contributed by atoms with Crippen molar-refractivity contribution in [2.75, 3.05) is 0 Å². The van der Waals surface area contributed by atoms with E-state index in [2.05, 4.69) is 4.98 Å². The molecule has 0 unspecified atom stereocenters. The number of aryl methyl sites for hydroxylation is 2. The fraction of sp³-hybridized carbons (Fsp3) is 0.368. The Labute approximate surface area is 145 Å². The lowest BCUT2D eigenvalue weighted by Crippen LogP contribution is -2.24. The number of ether oxygens (including phenoxy) is 2. The lowest BCUT2D eigenvalue weighted by Gasteiger charge is -2.19. The predicted octanol–water partition coefficient (Wildman–Crippen LogP) is 4.51. The number of aromatic nitrogens is 1. The van der Waals surface area contributed by atoms with E-state index in [0.717, 1.165) is 17.7 Å². The minimum Gasteiger partial charge on any atom is -0.487 e. The average molecular weight is 349 g/mol. The lowest BCUT2D eigenvalue weighted by atomic mass is 10.1. The molecule has 2 aromatic rings. The minimum atomic E-state index is -0.862. The SMILES string of the molecule is Cc1cnc(C)c(OCc2c(F)cc(C(=O)OC(C)(C)C)cc2F)c1. The third kappa shape index (κ3) is 4.98. The molecule has 1 heterocycles. The zero-order valence-corrected chi connectivity index (χ0v) is 14.9. The summed E-state index contributed by atoms with van der Waals surface area (Å²) in [5, 5.41) is 0. The Hall–Kier alpha value is -2.50. The van der Waals surface area contributed by atoms with Crippen LogP contribution in [-0.4, -0.2) is 16.6 Å². The maximum Gasteiger partial charge on any atom is 0.338 e. The van der Waals surface area contributed by atoms with Crippen LogP contribution in [0, 0.1) is 25.5 Å². The number of nitrogens with zero attached hydrogens (tertiary/aromatic N) is 1. The highest BCUT2D eigenvalue weighted by Gasteiger charge is 2.21. The molecule has 2 rings (SSSR count). The zero-order chi connectivity index (χ0) is 18.8. The average Bonchev–Trinajstić information content (AvgIpc) is 2.47. The maximum absolute atomic E-state index is 14.2. The molecular weight excluding hydrogens is 328 g/mol. The summed E-state index contributed by atoms with van der Waals surface area (Å²) in [5.41, 5.74) is 0.315. The van der Waals surface area contributed by atoms with Crippen molar-refractivity contribution in [2.45, 2.75) is 46.8 Å². The van der Waals surface area contributed by atoms with Crippen LogP contribution >= 0.6 is 0 Å². The summed E-state index contributed by atoms with van der Waals surface area (Å²) < 4.78 is 39.1. The van der Waals surface area contributed by atoms with Crippen molar-refractivity contribution in [1.82, 2.24) is 4.98 Å². The fourth-order valence-corrected chi connectivity index (χ4v) is 2.10. The first-order valence-corrected chi connectivity index (χ1v) is 7.84. The summed E-state index contributed by atoms with van der Waals surface area (Å²) in [6.45, 7) is 8.32. The molecular formula is C19H21F2NO3. The Balaban J connectivity index is 2.20. The first kappa shape index (κ1) is 18.8. The molecule has 0 saturated carbocycles. The van der Waals surface area contributed by atoms with E-state index in [1.165, 1.54) is 0 Å². The van der Waals surface area contributed by atoms with Gasteiger partial charge in [0.05, 0.1) is 16.8 Å². The highest BCUT2D eigenvalue weighted by molar-refractivity contribution is 5.89. The van der Waals surface area contributed by atoms with Crippen LogP contribution in [-0.2, 0) is 11.3 Å². The highest BCUT2D eigenvalue weighted by Crippen LogP contribution is 2.22. The third-order valence-corrected chi connectivity index (χ3v) is 3.32. The summed E-state index contributed by atoms with van der Waals surface area (Å²) in [6, 6.07) is 3.65. The van der Waals surface area contributed by atoms with E-state index in [-0.39, 0.29) is 17.7 Å². The molecule has 0 aliphatic heterocycles. The number of carbonyl (C=O) groups is 1. The molecule has 0 aliphatic carbocycles. The van der Waals surface area contributed by atoms with Crippen LogP contribution in [0.1, 0.15) is 48.0 Å². The second-order valence-electron chi connectivity index (χ2n) is 6.81. The fourth-order valence-electron chi connectivity index (χ4n) is 2.10. The van der Waals surface area contributed by atoms with Gasteiger partial charge in [0, 0.05) is 6.20 Å². The van der Waals surface area contributed by atoms with Crippen molar-refractivity contribution in [3.8, 4) is 5.75 Å². The van der Waals surface area contributed by atoms with Crippen molar-refractivity contribution in [2.24, 2.45) is 0 Å². The summed E-state index contributed by atoms with van der Waals surface area (Å²) >= 11 is 0. The smallest absolute Gasteiger partial charge is 0.338 e. The summed E-state index contributed by atoms with van der Waals surface area (Å²) in [5.74, 6) is -2.05. The quantitative estimate of drug-likeness (QED) is 0.762. The van der Waals surface area contributed by atoms with Crippen molar-refractivity contribution in [3.05, 3.63) is 58.4 Å². The van der Waals surface area contributed by atoms with Crippen molar-refractivity contribution < 1.29 is 23.0 Å². The molecule has 6 heteroatoms. The monoisotopic (exact) mass is 349 g/mol.